The number of hydrogen-bond donors (Lipinski definition) is 2. The number of hydrogen-bond acceptors (Lipinski definition) is 6. The third-order valence-electron chi connectivity index (χ3n) is 7.60. The Kier molecular flexibility index (Phi) is 8.17. The normalized spacial score (nSPS) is 12.1. The standard InChI is InChI=1S/C35H32N6O2/c1-3-4-14-33-36-31-21-29(30(35(42)43-2)22-32(31)37-33)27(20-15-23-10-6-5-7-11-23)25-18-16-24(17-19-25)26-12-8-9-13-28(26)34-38-40-41-39-34/h5-13,15-22,27H,3-4,14H2,1-2H3,(H,36,37)(H,38,39,40,41). The van der Waals surface area contributed by atoms with Crippen LogP contribution in [-0.4, -0.2) is 43.7 Å². The number of H-pyrrole nitrogens is 2. The molecule has 0 aliphatic rings. The number of carbonyl (C=O) groups excluding carboxylic acids is 1. The molecule has 0 saturated heterocycles. The number of nitrogens with zero attached hydrogens (tertiary/aromatic N) is 4. The van der Waals surface area contributed by atoms with E-state index < -0.39 is 0 Å². The number of rotatable bonds is 10. The molecule has 0 aliphatic carbocycles. The molecular formula is C35H32N6O2. The topological polar surface area (TPSA) is 109 Å². The maximum Gasteiger partial charge on any atom is 0.338 e. The van der Waals surface area contributed by atoms with Crippen LogP contribution in [0.1, 0.15) is 58.6 Å². The highest BCUT2D eigenvalue weighted by Gasteiger charge is 2.23. The number of allylic oxidation sites excluding steroid dienone is 1. The molecule has 0 bridgehead atoms. The fourth-order valence-corrected chi connectivity index (χ4v) is 5.38. The van der Waals surface area contributed by atoms with E-state index in [1.807, 2.05) is 48.5 Å². The van der Waals surface area contributed by atoms with Crippen LogP contribution in [0.15, 0.2) is 97.1 Å². The van der Waals surface area contributed by atoms with Gasteiger partial charge in [0.2, 0.25) is 0 Å². The molecule has 1 unspecified atom stereocenters. The zero-order valence-electron chi connectivity index (χ0n) is 24.1. The van der Waals surface area contributed by atoms with E-state index in [2.05, 4.69) is 87.1 Å². The first-order valence-corrected chi connectivity index (χ1v) is 14.4. The van der Waals surface area contributed by atoms with Gasteiger partial charge in [0.1, 0.15) is 5.82 Å². The first-order chi connectivity index (χ1) is 21.1. The van der Waals surface area contributed by atoms with Crippen LogP contribution >= 0.6 is 0 Å². The average molecular weight is 569 g/mol. The van der Waals surface area contributed by atoms with Gasteiger partial charge in [-0.1, -0.05) is 104 Å². The molecule has 2 heterocycles. The lowest BCUT2D eigenvalue weighted by Crippen LogP contribution is -2.10. The lowest BCUT2D eigenvalue weighted by molar-refractivity contribution is 0.0599. The summed E-state index contributed by atoms with van der Waals surface area (Å²) < 4.78 is 5.26. The number of methoxy groups -OCH3 is 1. The molecule has 4 aromatic carbocycles. The van der Waals surface area contributed by atoms with Crippen LogP contribution in [0, 0.1) is 0 Å². The Morgan fingerprint density at radius 2 is 1.72 bits per heavy atom. The van der Waals surface area contributed by atoms with Gasteiger partial charge in [-0.25, -0.2) is 14.9 Å². The molecular weight excluding hydrogens is 536 g/mol. The van der Waals surface area contributed by atoms with Crippen LogP contribution in [0.25, 0.3) is 39.6 Å². The highest BCUT2D eigenvalue weighted by Crippen LogP contribution is 2.35. The van der Waals surface area contributed by atoms with Crippen molar-refractivity contribution in [3.63, 3.8) is 0 Å². The molecule has 0 amide bonds. The van der Waals surface area contributed by atoms with Crippen molar-refractivity contribution in [2.75, 3.05) is 7.11 Å². The van der Waals surface area contributed by atoms with Crippen molar-refractivity contribution < 1.29 is 9.53 Å². The zero-order chi connectivity index (χ0) is 29.6. The van der Waals surface area contributed by atoms with E-state index in [4.69, 9.17) is 9.72 Å². The Labute approximate surface area is 249 Å². The third kappa shape index (κ3) is 5.99. The van der Waals surface area contributed by atoms with E-state index in [1.165, 1.54) is 7.11 Å². The van der Waals surface area contributed by atoms with Crippen molar-refractivity contribution in [1.29, 1.82) is 0 Å². The molecule has 6 rings (SSSR count). The minimum Gasteiger partial charge on any atom is -0.465 e. The van der Waals surface area contributed by atoms with Gasteiger partial charge in [0.25, 0.3) is 0 Å². The number of fused-ring (bicyclic) bond motifs is 1. The summed E-state index contributed by atoms with van der Waals surface area (Å²) in [6.45, 7) is 2.16. The van der Waals surface area contributed by atoms with Crippen LogP contribution in [0.3, 0.4) is 0 Å². The third-order valence-corrected chi connectivity index (χ3v) is 7.60. The largest absolute Gasteiger partial charge is 0.465 e. The van der Waals surface area contributed by atoms with Gasteiger partial charge in [0.05, 0.1) is 23.7 Å². The highest BCUT2D eigenvalue weighted by molar-refractivity contribution is 5.96. The lowest BCUT2D eigenvalue weighted by atomic mass is 9.86. The van der Waals surface area contributed by atoms with Crippen molar-refractivity contribution >= 4 is 23.1 Å². The fourth-order valence-electron chi connectivity index (χ4n) is 5.38. The van der Waals surface area contributed by atoms with Crippen molar-refractivity contribution in [3.8, 4) is 22.5 Å². The quantitative estimate of drug-likeness (QED) is 0.167. The number of unbranched alkanes of at least 4 members (excludes halogenated alkanes) is 1. The van der Waals surface area contributed by atoms with Crippen molar-refractivity contribution in [2.24, 2.45) is 0 Å². The Morgan fingerprint density at radius 3 is 2.44 bits per heavy atom. The number of aromatic nitrogens is 6. The molecule has 0 radical (unpaired) electrons. The fraction of sp³-hybridized carbons (Fsp3) is 0.171. The molecule has 1 atom stereocenters. The predicted octanol–water partition coefficient (Wildman–Crippen LogP) is 7.38. The molecule has 0 aliphatic heterocycles. The minimum atomic E-state index is -0.383. The Balaban J connectivity index is 1.46. The zero-order valence-corrected chi connectivity index (χ0v) is 24.1. The number of ether oxygens (including phenoxy) is 1. The van der Waals surface area contributed by atoms with Gasteiger partial charge in [0, 0.05) is 17.9 Å². The number of aryl methyl sites for hydroxylation is 1. The first-order valence-electron chi connectivity index (χ1n) is 14.4. The number of carbonyl (C=O) groups is 1. The Bertz CT molecular complexity index is 1860. The van der Waals surface area contributed by atoms with Gasteiger partial charge in [-0.3, -0.25) is 0 Å². The summed E-state index contributed by atoms with van der Waals surface area (Å²) in [5, 5.41) is 14.5. The van der Waals surface area contributed by atoms with E-state index in [1.54, 1.807) is 0 Å². The van der Waals surface area contributed by atoms with Gasteiger partial charge >= 0.3 is 5.97 Å². The van der Waals surface area contributed by atoms with Crippen LogP contribution in [0.5, 0.6) is 0 Å². The highest BCUT2D eigenvalue weighted by atomic mass is 16.5. The van der Waals surface area contributed by atoms with E-state index in [-0.39, 0.29) is 11.9 Å². The number of imidazole rings is 1. The summed E-state index contributed by atoms with van der Waals surface area (Å²) >= 11 is 0. The second-order valence-corrected chi connectivity index (χ2v) is 10.4. The van der Waals surface area contributed by atoms with E-state index in [9.17, 15) is 4.79 Å². The number of nitrogens with one attached hydrogen (secondary N) is 2. The SMILES string of the molecule is CCCCc1nc2cc(C(C=Cc3ccccc3)c3ccc(-c4ccccc4-c4nnn[nH]4)cc3)c(C(=O)OC)cc2[nH]1. The van der Waals surface area contributed by atoms with E-state index in [0.29, 0.717) is 11.4 Å². The van der Waals surface area contributed by atoms with Gasteiger partial charge < -0.3 is 9.72 Å². The number of esters is 1. The maximum absolute atomic E-state index is 13.2. The summed E-state index contributed by atoms with van der Waals surface area (Å²) in [4.78, 5) is 21.4. The number of tetrazole rings is 1. The van der Waals surface area contributed by atoms with Gasteiger partial charge in [0.15, 0.2) is 5.82 Å². The molecule has 0 saturated carbocycles. The van der Waals surface area contributed by atoms with Crippen LogP contribution in [0.2, 0.25) is 0 Å². The second-order valence-electron chi connectivity index (χ2n) is 10.4. The molecule has 0 spiro atoms. The minimum absolute atomic E-state index is 0.239. The summed E-state index contributed by atoms with van der Waals surface area (Å²) in [5.41, 5.74) is 8.05. The molecule has 2 aromatic heterocycles. The smallest absolute Gasteiger partial charge is 0.338 e. The molecule has 2 N–H and O–H groups in total. The molecule has 8 heteroatoms. The maximum atomic E-state index is 13.2. The summed E-state index contributed by atoms with van der Waals surface area (Å²) in [6.07, 6.45) is 7.21. The van der Waals surface area contributed by atoms with E-state index in [0.717, 1.165) is 69.5 Å². The van der Waals surface area contributed by atoms with Crippen molar-refractivity contribution in [1.82, 2.24) is 30.6 Å². The summed E-state index contributed by atoms with van der Waals surface area (Å²) in [7, 11) is 1.42. The van der Waals surface area contributed by atoms with Gasteiger partial charge in [-0.15, -0.1) is 5.10 Å². The van der Waals surface area contributed by atoms with E-state index >= 15 is 0 Å². The average Bonchev–Trinajstić information content (AvgIpc) is 3.74. The Hall–Kier alpha value is -5.37. The summed E-state index contributed by atoms with van der Waals surface area (Å²) in [6, 6.07) is 30.4. The monoisotopic (exact) mass is 568 g/mol. The first kappa shape index (κ1) is 27.8. The molecule has 214 valence electrons. The second kappa shape index (κ2) is 12.7. The van der Waals surface area contributed by atoms with Crippen LogP contribution < -0.4 is 0 Å². The molecule has 0 fully saturated rings. The molecule has 8 nitrogen and oxygen atoms in total. The Morgan fingerprint density at radius 1 is 0.953 bits per heavy atom. The molecule has 6 aromatic rings. The van der Waals surface area contributed by atoms with Crippen molar-refractivity contribution in [3.05, 3.63) is 125 Å². The number of aromatic amines is 2. The van der Waals surface area contributed by atoms with Crippen LogP contribution in [-0.2, 0) is 11.2 Å². The van der Waals surface area contributed by atoms with Gasteiger partial charge in [-0.05, 0) is 56.8 Å². The summed E-state index contributed by atoms with van der Waals surface area (Å²) in [5.74, 6) is 0.908. The van der Waals surface area contributed by atoms with Gasteiger partial charge in [-0.2, -0.15) is 0 Å². The molecule has 43 heavy (non-hydrogen) atoms. The predicted molar refractivity (Wildman–Crippen MR) is 168 cm³/mol. The lowest BCUT2D eigenvalue weighted by Gasteiger charge is -2.18. The number of benzene rings is 4. The van der Waals surface area contributed by atoms with Crippen LogP contribution in [0.4, 0.5) is 0 Å². The van der Waals surface area contributed by atoms with Crippen molar-refractivity contribution in [2.45, 2.75) is 32.1 Å².